The highest BCUT2D eigenvalue weighted by Crippen LogP contribution is 2.19. The Kier molecular flexibility index (Phi) is 3.31. The van der Waals surface area contributed by atoms with E-state index in [0.717, 1.165) is 29.9 Å². The van der Waals surface area contributed by atoms with Crippen molar-refractivity contribution in [1.29, 1.82) is 5.41 Å². The Labute approximate surface area is 112 Å². The van der Waals surface area contributed by atoms with Crippen molar-refractivity contribution in [2.75, 3.05) is 13.1 Å². The third-order valence-corrected chi connectivity index (χ3v) is 3.56. The van der Waals surface area contributed by atoms with E-state index in [1.807, 2.05) is 30.3 Å². The Balaban J connectivity index is 1.76. The Morgan fingerprint density at radius 2 is 1.79 bits per heavy atom. The van der Waals surface area contributed by atoms with Gasteiger partial charge in [0.2, 0.25) is 0 Å². The molecule has 1 aliphatic heterocycles. The van der Waals surface area contributed by atoms with Crippen LogP contribution in [0.1, 0.15) is 24.8 Å². The number of nitrogens with one attached hydrogen (secondary N) is 1. The zero-order valence-corrected chi connectivity index (χ0v) is 10.8. The molecule has 1 aromatic heterocycles. The molecule has 4 nitrogen and oxygen atoms in total. The smallest absolute Gasteiger partial charge is 0.128 e. The van der Waals surface area contributed by atoms with Crippen LogP contribution in [0.5, 0.6) is 0 Å². The maximum absolute atomic E-state index is 8.26. The fourth-order valence-corrected chi connectivity index (χ4v) is 2.46. The van der Waals surface area contributed by atoms with E-state index in [0.29, 0.717) is 5.84 Å². The summed E-state index contributed by atoms with van der Waals surface area (Å²) in [5, 5.41) is 12.2. The second kappa shape index (κ2) is 5.26. The first-order valence-corrected chi connectivity index (χ1v) is 6.69. The summed E-state index contributed by atoms with van der Waals surface area (Å²) in [6.07, 6.45) is 5.24. The quantitative estimate of drug-likeness (QED) is 0.662. The molecule has 0 spiro atoms. The van der Waals surface area contributed by atoms with Crippen molar-refractivity contribution in [2.45, 2.75) is 19.3 Å². The Morgan fingerprint density at radius 1 is 1.05 bits per heavy atom. The SMILES string of the molecule is N=C(c1ccc(-c2ccon2)cc1)N1CCCCC1. The summed E-state index contributed by atoms with van der Waals surface area (Å²) in [5.41, 5.74) is 2.81. The highest BCUT2D eigenvalue weighted by molar-refractivity contribution is 5.96. The monoisotopic (exact) mass is 255 g/mol. The van der Waals surface area contributed by atoms with Gasteiger partial charge in [0.15, 0.2) is 0 Å². The summed E-state index contributed by atoms with van der Waals surface area (Å²) >= 11 is 0. The van der Waals surface area contributed by atoms with E-state index in [2.05, 4.69) is 10.1 Å². The number of piperidine rings is 1. The molecule has 1 aromatic carbocycles. The summed E-state index contributed by atoms with van der Waals surface area (Å²) in [7, 11) is 0. The van der Waals surface area contributed by atoms with Gasteiger partial charge < -0.3 is 9.42 Å². The van der Waals surface area contributed by atoms with Crippen LogP contribution >= 0.6 is 0 Å². The molecule has 2 aromatic rings. The van der Waals surface area contributed by atoms with Crippen LogP contribution in [-0.2, 0) is 0 Å². The van der Waals surface area contributed by atoms with Gasteiger partial charge in [-0.2, -0.15) is 0 Å². The first-order valence-electron chi connectivity index (χ1n) is 6.69. The van der Waals surface area contributed by atoms with E-state index in [4.69, 9.17) is 9.93 Å². The summed E-state index contributed by atoms with van der Waals surface area (Å²) in [5.74, 6) is 0.631. The van der Waals surface area contributed by atoms with Gasteiger partial charge >= 0.3 is 0 Å². The van der Waals surface area contributed by atoms with Crippen LogP contribution in [0, 0.1) is 5.41 Å². The first-order chi connectivity index (χ1) is 9.34. The molecule has 0 saturated carbocycles. The molecule has 0 radical (unpaired) electrons. The highest BCUT2D eigenvalue weighted by atomic mass is 16.5. The van der Waals surface area contributed by atoms with Crippen molar-refractivity contribution in [2.24, 2.45) is 0 Å². The largest absolute Gasteiger partial charge is 0.364 e. The Morgan fingerprint density at radius 3 is 2.42 bits per heavy atom. The van der Waals surface area contributed by atoms with E-state index in [-0.39, 0.29) is 0 Å². The molecule has 4 heteroatoms. The van der Waals surface area contributed by atoms with Gasteiger partial charge in [-0.3, -0.25) is 5.41 Å². The molecule has 0 atom stereocenters. The highest BCUT2D eigenvalue weighted by Gasteiger charge is 2.14. The minimum absolute atomic E-state index is 0.631. The lowest BCUT2D eigenvalue weighted by Gasteiger charge is -2.29. The van der Waals surface area contributed by atoms with Crippen LogP contribution in [0.25, 0.3) is 11.3 Å². The van der Waals surface area contributed by atoms with Crippen molar-refractivity contribution >= 4 is 5.84 Å². The zero-order chi connectivity index (χ0) is 13.1. The topological polar surface area (TPSA) is 53.1 Å². The molecule has 19 heavy (non-hydrogen) atoms. The van der Waals surface area contributed by atoms with Gasteiger partial charge in [0, 0.05) is 30.3 Å². The third kappa shape index (κ3) is 2.52. The first kappa shape index (κ1) is 12.0. The fraction of sp³-hybridized carbons (Fsp3) is 0.333. The van der Waals surface area contributed by atoms with Crippen LogP contribution in [0.15, 0.2) is 41.1 Å². The lowest BCUT2D eigenvalue weighted by molar-refractivity contribution is 0.341. The number of amidine groups is 1. The summed E-state index contributed by atoms with van der Waals surface area (Å²) in [6, 6.07) is 9.80. The molecule has 0 aliphatic carbocycles. The molecule has 1 saturated heterocycles. The zero-order valence-electron chi connectivity index (χ0n) is 10.8. The average Bonchev–Trinajstić information content (AvgIpc) is 3.02. The predicted molar refractivity (Wildman–Crippen MR) is 74.2 cm³/mol. The number of hydrogen-bond donors (Lipinski definition) is 1. The molecular formula is C15H17N3O. The van der Waals surface area contributed by atoms with Crippen LogP contribution in [-0.4, -0.2) is 29.0 Å². The van der Waals surface area contributed by atoms with Gasteiger partial charge in [-0.25, -0.2) is 0 Å². The number of rotatable bonds is 2. The molecule has 0 unspecified atom stereocenters. The minimum Gasteiger partial charge on any atom is -0.364 e. The van der Waals surface area contributed by atoms with Gasteiger partial charge in [0.25, 0.3) is 0 Å². The molecular weight excluding hydrogens is 238 g/mol. The normalized spacial score (nSPS) is 15.5. The lowest BCUT2D eigenvalue weighted by atomic mass is 10.1. The number of benzene rings is 1. The van der Waals surface area contributed by atoms with Gasteiger partial charge in [-0.05, 0) is 19.3 Å². The van der Waals surface area contributed by atoms with Crippen LogP contribution in [0.2, 0.25) is 0 Å². The maximum atomic E-state index is 8.26. The molecule has 3 rings (SSSR count). The molecule has 1 fully saturated rings. The number of nitrogens with zero attached hydrogens (tertiary/aromatic N) is 2. The van der Waals surface area contributed by atoms with Crippen LogP contribution in [0.4, 0.5) is 0 Å². The van der Waals surface area contributed by atoms with Crippen molar-refractivity contribution < 1.29 is 4.52 Å². The molecule has 1 aliphatic rings. The van der Waals surface area contributed by atoms with Crippen molar-refractivity contribution in [3.63, 3.8) is 0 Å². The van der Waals surface area contributed by atoms with E-state index in [1.165, 1.54) is 19.3 Å². The van der Waals surface area contributed by atoms with E-state index in [1.54, 1.807) is 6.26 Å². The molecule has 2 heterocycles. The van der Waals surface area contributed by atoms with Crippen LogP contribution in [0.3, 0.4) is 0 Å². The van der Waals surface area contributed by atoms with E-state index in [9.17, 15) is 0 Å². The third-order valence-electron chi connectivity index (χ3n) is 3.56. The van der Waals surface area contributed by atoms with E-state index < -0.39 is 0 Å². The second-order valence-electron chi connectivity index (χ2n) is 4.86. The maximum Gasteiger partial charge on any atom is 0.128 e. The number of aromatic nitrogens is 1. The lowest BCUT2D eigenvalue weighted by Crippen LogP contribution is -2.35. The fourth-order valence-electron chi connectivity index (χ4n) is 2.46. The van der Waals surface area contributed by atoms with Crippen LogP contribution < -0.4 is 0 Å². The Hall–Kier alpha value is -2.10. The van der Waals surface area contributed by atoms with Crippen molar-refractivity contribution in [1.82, 2.24) is 10.1 Å². The molecule has 0 bridgehead atoms. The van der Waals surface area contributed by atoms with Gasteiger partial charge in [0.05, 0.1) is 0 Å². The Bertz CT molecular complexity index is 539. The molecule has 0 amide bonds. The van der Waals surface area contributed by atoms with Crippen molar-refractivity contribution in [3.05, 3.63) is 42.2 Å². The number of hydrogen-bond acceptors (Lipinski definition) is 3. The average molecular weight is 255 g/mol. The minimum atomic E-state index is 0.631. The molecule has 98 valence electrons. The van der Waals surface area contributed by atoms with Crippen molar-refractivity contribution in [3.8, 4) is 11.3 Å². The predicted octanol–water partition coefficient (Wildman–Crippen LogP) is 3.15. The molecule has 1 N–H and O–H groups in total. The summed E-state index contributed by atoms with van der Waals surface area (Å²) in [6.45, 7) is 2.01. The van der Waals surface area contributed by atoms with Gasteiger partial charge in [-0.1, -0.05) is 29.4 Å². The summed E-state index contributed by atoms with van der Waals surface area (Å²) in [4.78, 5) is 2.16. The number of likely N-dealkylation sites (tertiary alicyclic amines) is 1. The van der Waals surface area contributed by atoms with E-state index >= 15 is 0 Å². The van der Waals surface area contributed by atoms with Gasteiger partial charge in [-0.15, -0.1) is 0 Å². The van der Waals surface area contributed by atoms with Gasteiger partial charge in [0.1, 0.15) is 17.8 Å². The summed E-state index contributed by atoms with van der Waals surface area (Å²) < 4.78 is 4.84. The second-order valence-corrected chi connectivity index (χ2v) is 4.86. The standard InChI is InChI=1S/C15H17N3O/c16-15(18-9-2-1-3-10-18)13-6-4-12(5-7-13)14-8-11-19-17-14/h4-8,11,16H,1-3,9-10H2.